The van der Waals surface area contributed by atoms with Crippen LogP contribution < -0.4 is 32.5 Å². The fourth-order valence-corrected chi connectivity index (χ4v) is 4.37. The lowest BCUT2D eigenvalue weighted by atomic mass is 10.0. The molecule has 1 heterocycles. The highest BCUT2D eigenvalue weighted by Gasteiger charge is 2.26. The van der Waals surface area contributed by atoms with Crippen molar-refractivity contribution >= 4 is 39.6 Å². The number of nitrogens with one attached hydrogen (secondary N) is 3. The maximum Gasteiger partial charge on any atom is 0.326 e. The van der Waals surface area contributed by atoms with Crippen molar-refractivity contribution in [3.63, 3.8) is 0 Å². The topological polar surface area (TPSA) is 146 Å². The van der Waals surface area contributed by atoms with Gasteiger partial charge in [0.05, 0.1) is 0 Å². The van der Waals surface area contributed by atoms with E-state index in [1.165, 1.54) is 19.3 Å². The summed E-state index contributed by atoms with van der Waals surface area (Å²) in [6.07, 6.45) is 8.55. The van der Waals surface area contributed by atoms with E-state index in [-0.39, 0.29) is 17.8 Å². The third-order valence-corrected chi connectivity index (χ3v) is 6.75. The molecule has 9 heteroatoms. The van der Waals surface area contributed by atoms with Crippen LogP contribution in [0.4, 0.5) is 22.9 Å². The number of carboxylic acids is 1. The van der Waals surface area contributed by atoms with Crippen molar-refractivity contribution in [1.29, 1.82) is 0 Å². The standard InChI is InChI=1S/C27H28N4O4.C5H13N/c1-2-3-6-14-28-22-23(25(33)24(22)32)31-21(27(34)35)16-17-9-11-19(12-10-17)30-26-20-8-5-4-7-18(20)13-15-29-26;1-2-3-4-5-6/h4-5,7-13,15,21,28,31H,2-3,6,14,16H2,1H3,(H,29,30)(H,34,35);2-6H2,1H3. The van der Waals surface area contributed by atoms with Gasteiger partial charge in [-0.2, -0.15) is 0 Å². The Balaban J connectivity index is 0.000000696. The van der Waals surface area contributed by atoms with Crippen LogP contribution in [-0.4, -0.2) is 35.2 Å². The Hall–Kier alpha value is -4.24. The molecule has 1 atom stereocenters. The van der Waals surface area contributed by atoms with Gasteiger partial charge in [-0.25, -0.2) is 9.78 Å². The average Bonchev–Trinajstić information content (AvgIpc) is 2.99. The van der Waals surface area contributed by atoms with Gasteiger partial charge < -0.3 is 26.8 Å². The molecule has 41 heavy (non-hydrogen) atoms. The Labute approximate surface area is 240 Å². The number of unbranched alkanes of at least 4 members (excludes halogenated alkanes) is 4. The minimum atomic E-state index is -1.10. The summed E-state index contributed by atoms with van der Waals surface area (Å²) in [4.78, 5) is 40.3. The minimum absolute atomic E-state index is 0.0548. The smallest absolute Gasteiger partial charge is 0.326 e. The molecule has 0 saturated heterocycles. The number of hydrogen-bond donors (Lipinski definition) is 5. The first kappa shape index (κ1) is 31.3. The molecular weight excluding hydrogens is 518 g/mol. The maximum absolute atomic E-state index is 12.1. The van der Waals surface area contributed by atoms with Crippen LogP contribution in [-0.2, 0) is 11.2 Å². The highest BCUT2D eigenvalue weighted by Crippen LogP contribution is 2.24. The molecule has 0 fully saturated rings. The SMILES string of the molecule is CCCCCN.CCCCCNc1c(NC(Cc2ccc(Nc3nccc4ccccc34)cc2)C(=O)O)c(=O)c1=O. The molecule has 3 aromatic carbocycles. The van der Waals surface area contributed by atoms with Gasteiger partial charge in [-0.3, -0.25) is 9.59 Å². The average molecular weight is 560 g/mol. The van der Waals surface area contributed by atoms with E-state index < -0.39 is 22.9 Å². The van der Waals surface area contributed by atoms with Crippen LogP contribution in [0.1, 0.15) is 57.9 Å². The van der Waals surface area contributed by atoms with Crippen LogP contribution in [0.15, 0.2) is 70.4 Å². The third kappa shape index (κ3) is 8.88. The van der Waals surface area contributed by atoms with Crippen LogP contribution in [0, 0.1) is 0 Å². The first-order valence-electron chi connectivity index (χ1n) is 14.4. The summed E-state index contributed by atoms with van der Waals surface area (Å²) in [5.41, 5.74) is 5.75. The number of hydrogen-bond acceptors (Lipinski definition) is 8. The summed E-state index contributed by atoms with van der Waals surface area (Å²) < 4.78 is 0. The normalized spacial score (nSPS) is 11.5. The van der Waals surface area contributed by atoms with Gasteiger partial charge in [0.25, 0.3) is 10.9 Å². The van der Waals surface area contributed by atoms with E-state index in [0.717, 1.165) is 53.6 Å². The summed E-state index contributed by atoms with van der Waals surface area (Å²) in [5.74, 6) is -0.364. The molecule has 4 rings (SSSR count). The van der Waals surface area contributed by atoms with E-state index in [9.17, 15) is 19.5 Å². The largest absolute Gasteiger partial charge is 0.480 e. The molecule has 0 spiro atoms. The number of aromatic nitrogens is 1. The monoisotopic (exact) mass is 559 g/mol. The number of pyridine rings is 1. The highest BCUT2D eigenvalue weighted by atomic mass is 16.4. The molecule has 0 aliphatic rings. The molecule has 0 amide bonds. The first-order valence-corrected chi connectivity index (χ1v) is 14.4. The summed E-state index contributed by atoms with van der Waals surface area (Å²) in [6, 6.07) is 16.2. The second-order valence-corrected chi connectivity index (χ2v) is 9.98. The Morgan fingerprint density at radius 3 is 2.24 bits per heavy atom. The van der Waals surface area contributed by atoms with Crippen molar-refractivity contribution in [1.82, 2.24) is 4.98 Å². The van der Waals surface area contributed by atoms with Crippen LogP contribution in [0.2, 0.25) is 0 Å². The number of carbonyl (C=O) groups is 1. The van der Waals surface area contributed by atoms with E-state index in [0.29, 0.717) is 6.54 Å². The second kappa shape index (κ2) is 16.1. The Morgan fingerprint density at radius 1 is 0.902 bits per heavy atom. The predicted octanol–water partition coefficient (Wildman–Crippen LogP) is 5.42. The zero-order valence-electron chi connectivity index (χ0n) is 23.9. The van der Waals surface area contributed by atoms with Gasteiger partial charge in [-0.15, -0.1) is 0 Å². The van der Waals surface area contributed by atoms with Crippen LogP contribution >= 0.6 is 0 Å². The third-order valence-electron chi connectivity index (χ3n) is 6.75. The Kier molecular flexibility index (Phi) is 12.3. The van der Waals surface area contributed by atoms with Crippen molar-refractivity contribution in [2.45, 2.75) is 64.8 Å². The molecule has 1 unspecified atom stereocenters. The maximum atomic E-state index is 12.1. The zero-order chi connectivity index (χ0) is 29.6. The first-order chi connectivity index (χ1) is 19.9. The van der Waals surface area contributed by atoms with Crippen molar-refractivity contribution in [2.24, 2.45) is 5.73 Å². The quantitative estimate of drug-likeness (QED) is 0.0951. The van der Waals surface area contributed by atoms with Gasteiger partial charge in [0, 0.05) is 30.2 Å². The number of aliphatic carboxylic acids is 1. The van der Waals surface area contributed by atoms with Gasteiger partial charge in [-0.05, 0) is 48.5 Å². The molecule has 0 saturated carbocycles. The molecule has 0 aliphatic heterocycles. The van der Waals surface area contributed by atoms with E-state index >= 15 is 0 Å². The number of nitrogens with zero attached hydrogens (tertiary/aromatic N) is 1. The van der Waals surface area contributed by atoms with E-state index in [1.54, 1.807) is 6.20 Å². The number of nitrogens with two attached hydrogens (primary N) is 1. The molecule has 6 N–H and O–H groups in total. The van der Waals surface area contributed by atoms with E-state index in [1.807, 2.05) is 54.6 Å². The Bertz CT molecular complexity index is 1450. The lowest BCUT2D eigenvalue weighted by Gasteiger charge is -2.20. The summed E-state index contributed by atoms with van der Waals surface area (Å²) >= 11 is 0. The van der Waals surface area contributed by atoms with Crippen LogP contribution in [0.25, 0.3) is 10.8 Å². The molecule has 1 aromatic heterocycles. The van der Waals surface area contributed by atoms with Crippen LogP contribution in [0.5, 0.6) is 0 Å². The highest BCUT2D eigenvalue weighted by molar-refractivity contribution is 5.93. The van der Waals surface area contributed by atoms with Gasteiger partial charge >= 0.3 is 5.97 Å². The van der Waals surface area contributed by atoms with E-state index in [2.05, 4.69) is 34.8 Å². The molecular formula is C32H41N5O4. The van der Waals surface area contributed by atoms with Crippen molar-refractivity contribution < 1.29 is 9.90 Å². The Morgan fingerprint density at radius 2 is 1.59 bits per heavy atom. The summed E-state index contributed by atoms with van der Waals surface area (Å²) in [5, 5.41) is 20.8. The molecule has 0 bridgehead atoms. The fraction of sp³-hybridized carbons (Fsp3) is 0.375. The lowest BCUT2D eigenvalue weighted by molar-refractivity contribution is -0.137. The van der Waals surface area contributed by atoms with Gasteiger partial charge in [0.2, 0.25) is 0 Å². The van der Waals surface area contributed by atoms with Crippen LogP contribution in [0.3, 0.4) is 0 Å². The van der Waals surface area contributed by atoms with Crippen molar-refractivity contribution in [2.75, 3.05) is 29.0 Å². The summed E-state index contributed by atoms with van der Waals surface area (Å²) in [7, 11) is 0. The number of benzene rings is 2. The molecule has 0 aliphatic carbocycles. The lowest BCUT2D eigenvalue weighted by Crippen LogP contribution is -2.42. The zero-order valence-corrected chi connectivity index (χ0v) is 23.9. The molecule has 218 valence electrons. The van der Waals surface area contributed by atoms with Gasteiger partial charge in [0.15, 0.2) is 0 Å². The fourth-order valence-electron chi connectivity index (χ4n) is 4.37. The van der Waals surface area contributed by atoms with Crippen molar-refractivity contribution in [3.8, 4) is 0 Å². The van der Waals surface area contributed by atoms with Gasteiger partial charge in [0.1, 0.15) is 23.2 Å². The second-order valence-electron chi connectivity index (χ2n) is 9.98. The minimum Gasteiger partial charge on any atom is -0.480 e. The van der Waals surface area contributed by atoms with Crippen molar-refractivity contribution in [3.05, 3.63) is 86.8 Å². The molecule has 9 nitrogen and oxygen atoms in total. The van der Waals surface area contributed by atoms with Gasteiger partial charge in [-0.1, -0.05) is 75.9 Å². The van der Waals surface area contributed by atoms with E-state index in [4.69, 9.17) is 5.73 Å². The number of carboxylic acid groups (broad SMARTS) is 1. The molecule has 4 aromatic rings. The molecule has 0 radical (unpaired) electrons. The summed E-state index contributed by atoms with van der Waals surface area (Å²) in [6.45, 7) is 5.67. The predicted molar refractivity (Wildman–Crippen MR) is 168 cm³/mol. The number of fused-ring (bicyclic) bond motifs is 1. The number of rotatable bonds is 15. The number of anilines is 4.